The number of methoxy groups -OCH3 is 1. The van der Waals surface area contributed by atoms with E-state index in [1.807, 2.05) is 6.92 Å². The van der Waals surface area contributed by atoms with Gasteiger partial charge < -0.3 is 19.9 Å². The molecule has 18 heavy (non-hydrogen) atoms. The molecule has 2 N–H and O–H groups in total. The SMILES string of the molecule is COCC(C)OCC(O)CNc1ccccc1F. The van der Waals surface area contributed by atoms with E-state index in [2.05, 4.69) is 5.32 Å². The molecule has 0 aliphatic rings. The molecule has 0 spiro atoms. The summed E-state index contributed by atoms with van der Waals surface area (Å²) in [7, 11) is 1.59. The van der Waals surface area contributed by atoms with Crippen molar-refractivity contribution in [2.24, 2.45) is 0 Å². The standard InChI is InChI=1S/C13H20FNO3/c1-10(8-17-2)18-9-11(16)7-15-13-6-4-3-5-12(13)14/h3-6,10-11,15-16H,7-9H2,1-2H3. The van der Waals surface area contributed by atoms with E-state index in [1.165, 1.54) is 6.07 Å². The van der Waals surface area contributed by atoms with Gasteiger partial charge in [-0.15, -0.1) is 0 Å². The van der Waals surface area contributed by atoms with Gasteiger partial charge in [0, 0.05) is 13.7 Å². The van der Waals surface area contributed by atoms with Gasteiger partial charge in [-0.1, -0.05) is 12.1 Å². The van der Waals surface area contributed by atoms with Gasteiger partial charge in [-0.3, -0.25) is 0 Å². The fourth-order valence-corrected chi connectivity index (χ4v) is 1.45. The van der Waals surface area contributed by atoms with Crippen molar-refractivity contribution in [1.29, 1.82) is 0 Å². The summed E-state index contributed by atoms with van der Waals surface area (Å²) in [5.41, 5.74) is 0.376. The van der Waals surface area contributed by atoms with E-state index in [4.69, 9.17) is 9.47 Å². The number of para-hydroxylation sites is 1. The van der Waals surface area contributed by atoms with Crippen LogP contribution in [0.2, 0.25) is 0 Å². The van der Waals surface area contributed by atoms with E-state index in [0.29, 0.717) is 12.3 Å². The zero-order valence-electron chi connectivity index (χ0n) is 10.7. The van der Waals surface area contributed by atoms with Gasteiger partial charge >= 0.3 is 0 Å². The average molecular weight is 257 g/mol. The predicted molar refractivity (Wildman–Crippen MR) is 68.2 cm³/mol. The molecule has 0 aromatic heterocycles. The Labute approximate surface area is 107 Å². The third-order valence-corrected chi connectivity index (χ3v) is 2.38. The van der Waals surface area contributed by atoms with Gasteiger partial charge in [-0.2, -0.15) is 0 Å². The number of anilines is 1. The van der Waals surface area contributed by atoms with Crippen LogP contribution >= 0.6 is 0 Å². The first-order chi connectivity index (χ1) is 8.63. The second-order valence-electron chi connectivity index (χ2n) is 4.11. The highest BCUT2D eigenvalue weighted by atomic mass is 19.1. The van der Waals surface area contributed by atoms with Crippen LogP contribution in [0.25, 0.3) is 0 Å². The minimum Gasteiger partial charge on any atom is -0.389 e. The average Bonchev–Trinajstić information content (AvgIpc) is 2.36. The Morgan fingerprint density at radius 2 is 2.06 bits per heavy atom. The first-order valence-corrected chi connectivity index (χ1v) is 5.90. The van der Waals surface area contributed by atoms with Crippen molar-refractivity contribution < 1.29 is 19.0 Å². The second-order valence-corrected chi connectivity index (χ2v) is 4.11. The highest BCUT2D eigenvalue weighted by Crippen LogP contribution is 2.12. The van der Waals surface area contributed by atoms with Crippen molar-refractivity contribution in [1.82, 2.24) is 0 Å². The van der Waals surface area contributed by atoms with Crippen molar-refractivity contribution in [3.05, 3.63) is 30.1 Å². The smallest absolute Gasteiger partial charge is 0.146 e. The van der Waals surface area contributed by atoms with Gasteiger partial charge in [0.05, 0.1) is 31.1 Å². The van der Waals surface area contributed by atoms with Crippen LogP contribution in [0.15, 0.2) is 24.3 Å². The molecule has 1 aromatic rings. The lowest BCUT2D eigenvalue weighted by Gasteiger charge is -2.17. The number of aliphatic hydroxyl groups is 1. The van der Waals surface area contributed by atoms with Gasteiger partial charge in [0.25, 0.3) is 0 Å². The van der Waals surface area contributed by atoms with E-state index in [1.54, 1.807) is 25.3 Å². The van der Waals surface area contributed by atoms with E-state index in [-0.39, 0.29) is 25.1 Å². The summed E-state index contributed by atoms with van der Waals surface area (Å²) in [4.78, 5) is 0. The fourth-order valence-electron chi connectivity index (χ4n) is 1.45. The van der Waals surface area contributed by atoms with Gasteiger partial charge in [0.1, 0.15) is 5.82 Å². The van der Waals surface area contributed by atoms with Crippen LogP contribution in [0.4, 0.5) is 10.1 Å². The number of aliphatic hydroxyl groups excluding tert-OH is 1. The summed E-state index contributed by atoms with van der Waals surface area (Å²) >= 11 is 0. The van der Waals surface area contributed by atoms with Crippen molar-refractivity contribution in [2.75, 3.05) is 32.2 Å². The molecule has 0 aliphatic carbocycles. The normalized spacial score (nSPS) is 14.2. The summed E-state index contributed by atoms with van der Waals surface area (Å²) in [6, 6.07) is 6.34. The maximum atomic E-state index is 13.3. The number of rotatable bonds is 8. The first kappa shape index (κ1) is 14.9. The van der Waals surface area contributed by atoms with Gasteiger partial charge in [0.2, 0.25) is 0 Å². The Kier molecular flexibility index (Phi) is 6.64. The van der Waals surface area contributed by atoms with Crippen LogP contribution in [-0.4, -0.2) is 44.2 Å². The summed E-state index contributed by atoms with van der Waals surface area (Å²) < 4.78 is 23.5. The molecule has 0 bridgehead atoms. The van der Waals surface area contributed by atoms with Crippen molar-refractivity contribution in [3.8, 4) is 0 Å². The lowest BCUT2D eigenvalue weighted by atomic mass is 10.3. The van der Waals surface area contributed by atoms with Crippen LogP contribution in [0.1, 0.15) is 6.92 Å². The lowest BCUT2D eigenvalue weighted by molar-refractivity contribution is -0.0282. The molecular weight excluding hydrogens is 237 g/mol. The summed E-state index contributed by atoms with van der Waals surface area (Å²) in [5.74, 6) is -0.335. The Morgan fingerprint density at radius 1 is 1.33 bits per heavy atom. The highest BCUT2D eigenvalue weighted by molar-refractivity contribution is 5.44. The molecule has 1 aromatic carbocycles. The topological polar surface area (TPSA) is 50.7 Å². The van der Waals surface area contributed by atoms with Crippen molar-refractivity contribution in [3.63, 3.8) is 0 Å². The molecule has 4 nitrogen and oxygen atoms in total. The molecule has 1 rings (SSSR count). The molecule has 0 heterocycles. The Bertz CT molecular complexity index is 349. The third-order valence-electron chi connectivity index (χ3n) is 2.38. The molecule has 0 saturated heterocycles. The molecule has 0 fully saturated rings. The fraction of sp³-hybridized carbons (Fsp3) is 0.538. The van der Waals surface area contributed by atoms with Crippen LogP contribution in [0.5, 0.6) is 0 Å². The van der Waals surface area contributed by atoms with Crippen LogP contribution < -0.4 is 5.32 Å². The lowest BCUT2D eigenvalue weighted by Crippen LogP contribution is -2.28. The Hall–Kier alpha value is -1.17. The van der Waals surface area contributed by atoms with Crippen molar-refractivity contribution >= 4 is 5.69 Å². The molecule has 0 radical (unpaired) electrons. The highest BCUT2D eigenvalue weighted by Gasteiger charge is 2.09. The van der Waals surface area contributed by atoms with Crippen LogP contribution in [0.3, 0.4) is 0 Å². The minimum absolute atomic E-state index is 0.0712. The first-order valence-electron chi connectivity index (χ1n) is 5.90. The van der Waals surface area contributed by atoms with E-state index >= 15 is 0 Å². The summed E-state index contributed by atoms with van der Waals surface area (Å²) in [6.45, 7) is 2.76. The summed E-state index contributed by atoms with van der Waals surface area (Å²) in [5, 5.41) is 12.5. The van der Waals surface area contributed by atoms with E-state index in [0.717, 1.165) is 0 Å². The number of halogens is 1. The molecule has 0 saturated carbocycles. The van der Waals surface area contributed by atoms with Crippen molar-refractivity contribution in [2.45, 2.75) is 19.1 Å². The van der Waals surface area contributed by atoms with Gasteiger partial charge in [-0.25, -0.2) is 4.39 Å². The number of hydrogen-bond acceptors (Lipinski definition) is 4. The van der Waals surface area contributed by atoms with Gasteiger partial charge in [-0.05, 0) is 19.1 Å². The number of ether oxygens (including phenoxy) is 2. The van der Waals surface area contributed by atoms with E-state index < -0.39 is 6.10 Å². The largest absolute Gasteiger partial charge is 0.389 e. The third kappa shape index (κ3) is 5.44. The Balaban J connectivity index is 2.25. The zero-order chi connectivity index (χ0) is 13.4. The minimum atomic E-state index is -0.691. The molecule has 0 aliphatic heterocycles. The molecule has 2 atom stereocenters. The summed E-state index contributed by atoms with van der Waals surface area (Å²) in [6.07, 6.45) is -0.762. The maximum absolute atomic E-state index is 13.3. The molecule has 102 valence electrons. The van der Waals surface area contributed by atoms with Gasteiger partial charge in [0.15, 0.2) is 0 Å². The number of hydrogen-bond donors (Lipinski definition) is 2. The molecule has 0 amide bonds. The quantitative estimate of drug-likeness (QED) is 0.743. The number of nitrogens with one attached hydrogen (secondary N) is 1. The monoisotopic (exact) mass is 257 g/mol. The van der Waals surface area contributed by atoms with Crippen LogP contribution in [-0.2, 0) is 9.47 Å². The number of benzene rings is 1. The Morgan fingerprint density at radius 3 is 2.72 bits per heavy atom. The zero-order valence-corrected chi connectivity index (χ0v) is 10.7. The second kappa shape index (κ2) is 8.02. The molecule has 2 unspecified atom stereocenters. The maximum Gasteiger partial charge on any atom is 0.146 e. The molecular formula is C13H20FNO3. The predicted octanol–water partition coefficient (Wildman–Crippen LogP) is 1.65. The molecule has 5 heteroatoms. The van der Waals surface area contributed by atoms with E-state index in [9.17, 15) is 9.50 Å². The van der Waals surface area contributed by atoms with Crippen LogP contribution in [0, 0.1) is 5.82 Å².